The van der Waals surface area contributed by atoms with Crippen molar-refractivity contribution in [3.05, 3.63) is 77.4 Å². The van der Waals surface area contributed by atoms with E-state index >= 15 is 0 Å². The van der Waals surface area contributed by atoms with Crippen molar-refractivity contribution in [1.82, 2.24) is 15.0 Å². The molecule has 7 nitrogen and oxygen atoms in total. The maximum Gasteiger partial charge on any atom is 0.274 e. The second-order valence-electron chi connectivity index (χ2n) is 5.54. The molecule has 7 heteroatoms. The lowest BCUT2D eigenvalue weighted by Gasteiger charge is -2.09. The van der Waals surface area contributed by atoms with Crippen molar-refractivity contribution >= 4 is 17.5 Å². The number of anilines is 2. The fourth-order valence-corrected chi connectivity index (χ4v) is 2.32. The third kappa shape index (κ3) is 4.19. The van der Waals surface area contributed by atoms with Crippen molar-refractivity contribution in [2.24, 2.45) is 0 Å². The van der Waals surface area contributed by atoms with Crippen molar-refractivity contribution in [2.75, 3.05) is 10.6 Å². The summed E-state index contributed by atoms with van der Waals surface area (Å²) in [4.78, 5) is 25.1. The predicted molar refractivity (Wildman–Crippen MR) is 97.4 cm³/mol. The van der Waals surface area contributed by atoms with Crippen molar-refractivity contribution in [3.63, 3.8) is 0 Å². The van der Waals surface area contributed by atoms with Crippen LogP contribution < -0.4 is 10.6 Å². The summed E-state index contributed by atoms with van der Waals surface area (Å²) in [6.07, 6.45) is 3.42. The first-order valence-electron chi connectivity index (χ1n) is 7.94. The second-order valence-corrected chi connectivity index (χ2v) is 5.54. The molecule has 0 aliphatic heterocycles. The van der Waals surface area contributed by atoms with Gasteiger partial charge in [-0.15, -0.1) is 0 Å². The number of carbonyl (C=O) groups is 1. The largest absolute Gasteiger partial charge is 0.350 e. The molecule has 0 radical (unpaired) electrons. The van der Waals surface area contributed by atoms with Crippen LogP contribution in [-0.4, -0.2) is 20.9 Å². The standard InChI is InChI=1S/C19H16N6O/c1-13-10-17(18(26)24-16-5-3-2-4-15(16)11-20)25-19(23-13)22-12-14-6-8-21-9-7-14/h2-10H,12H2,1H3,(H,24,26)(H,22,23,25). The minimum atomic E-state index is -0.398. The number of aromatic nitrogens is 3. The van der Waals surface area contributed by atoms with Gasteiger partial charge in [0.05, 0.1) is 11.3 Å². The zero-order valence-corrected chi connectivity index (χ0v) is 14.1. The fourth-order valence-electron chi connectivity index (χ4n) is 2.32. The quantitative estimate of drug-likeness (QED) is 0.737. The molecule has 3 rings (SSSR count). The summed E-state index contributed by atoms with van der Waals surface area (Å²) >= 11 is 0. The van der Waals surface area contributed by atoms with Gasteiger partial charge < -0.3 is 10.6 Å². The summed E-state index contributed by atoms with van der Waals surface area (Å²) in [6.45, 7) is 2.31. The lowest BCUT2D eigenvalue weighted by molar-refractivity contribution is 0.102. The molecule has 2 N–H and O–H groups in total. The van der Waals surface area contributed by atoms with Crippen LogP contribution >= 0.6 is 0 Å². The number of pyridine rings is 1. The first-order valence-corrected chi connectivity index (χ1v) is 7.94. The summed E-state index contributed by atoms with van der Waals surface area (Å²) in [6, 6.07) is 14.2. The van der Waals surface area contributed by atoms with E-state index in [1.807, 2.05) is 18.2 Å². The molecule has 128 valence electrons. The van der Waals surface area contributed by atoms with Gasteiger partial charge in [-0.25, -0.2) is 9.97 Å². The van der Waals surface area contributed by atoms with E-state index in [4.69, 9.17) is 5.26 Å². The normalized spacial score (nSPS) is 10.0. The van der Waals surface area contributed by atoms with E-state index in [0.717, 1.165) is 5.56 Å². The molecule has 0 saturated carbocycles. The molecular formula is C19H16N6O. The average molecular weight is 344 g/mol. The second kappa shape index (κ2) is 7.85. The lowest BCUT2D eigenvalue weighted by Crippen LogP contribution is -2.16. The highest BCUT2D eigenvalue weighted by molar-refractivity contribution is 6.03. The highest BCUT2D eigenvalue weighted by atomic mass is 16.1. The number of nitrogens with one attached hydrogen (secondary N) is 2. The molecule has 26 heavy (non-hydrogen) atoms. The monoisotopic (exact) mass is 344 g/mol. The number of aryl methyl sites for hydroxylation is 1. The van der Waals surface area contributed by atoms with Crippen LogP contribution in [0, 0.1) is 18.3 Å². The molecule has 0 bridgehead atoms. The number of carbonyl (C=O) groups excluding carboxylic acids is 1. The first-order chi connectivity index (χ1) is 12.7. The topological polar surface area (TPSA) is 104 Å². The average Bonchev–Trinajstić information content (AvgIpc) is 2.67. The van der Waals surface area contributed by atoms with Crippen LogP contribution in [0.1, 0.15) is 27.3 Å². The van der Waals surface area contributed by atoms with Gasteiger partial charge >= 0.3 is 0 Å². The Morgan fingerprint density at radius 3 is 2.69 bits per heavy atom. The fraction of sp³-hybridized carbons (Fsp3) is 0.105. The van der Waals surface area contributed by atoms with Gasteiger partial charge in [-0.1, -0.05) is 12.1 Å². The Labute approximate surface area is 150 Å². The molecular weight excluding hydrogens is 328 g/mol. The van der Waals surface area contributed by atoms with Gasteiger partial charge in [0.15, 0.2) is 0 Å². The van der Waals surface area contributed by atoms with Crippen LogP contribution in [0.15, 0.2) is 54.9 Å². The molecule has 0 spiro atoms. The van der Waals surface area contributed by atoms with E-state index in [1.54, 1.807) is 49.6 Å². The smallest absolute Gasteiger partial charge is 0.274 e. The molecule has 3 aromatic rings. The molecule has 1 aromatic carbocycles. The SMILES string of the molecule is Cc1cc(C(=O)Nc2ccccc2C#N)nc(NCc2ccncc2)n1. The number of benzene rings is 1. The van der Waals surface area contributed by atoms with Gasteiger partial charge in [0.25, 0.3) is 5.91 Å². The molecule has 0 aliphatic carbocycles. The maximum atomic E-state index is 12.5. The summed E-state index contributed by atoms with van der Waals surface area (Å²) in [7, 11) is 0. The van der Waals surface area contributed by atoms with Gasteiger partial charge in [-0.05, 0) is 42.8 Å². The van der Waals surface area contributed by atoms with Crippen LogP contribution in [-0.2, 0) is 6.54 Å². The van der Waals surface area contributed by atoms with Crippen LogP contribution in [0.3, 0.4) is 0 Å². The van der Waals surface area contributed by atoms with Gasteiger partial charge in [0.1, 0.15) is 11.8 Å². The Hall–Kier alpha value is -3.79. The van der Waals surface area contributed by atoms with Gasteiger partial charge in [-0.2, -0.15) is 5.26 Å². The number of rotatable bonds is 5. The van der Waals surface area contributed by atoms with E-state index in [0.29, 0.717) is 29.4 Å². The zero-order chi connectivity index (χ0) is 18.4. The molecule has 1 amide bonds. The predicted octanol–water partition coefficient (Wildman–Crippen LogP) is 2.92. The molecule has 0 fully saturated rings. The molecule has 2 heterocycles. The van der Waals surface area contributed by atoms with E-state index in [2.05, 4.69) is 25.6 Å². The van der Waals surface area contributed by atoms with E-state index < -0.39 is 5.91 Å². The molecule has 0 unspecified atom stereocenters. The summed E-state index contributed by atoms with van der Waals surface area (Å²) in [5.41, 5.74) is 2.75. The van der Waals surface area contributed by atoms with Gasteiger partial charge in [-0.3, -0.25) is 9.78 Å². The zero-order valence-electron chi connectivity index (χ0n) is 14.1. The van der Waals surface area contributed by atoms with Crippen molar-refractivity contribution in [3.8, 4) is 6.07 Å². The highest BCUT2D eigenvalue weighted by Crippen LogP contribution is 2.15. The Bertz CT molecular complexity index is 965. The van der Waals surface area contributed by atoms with Gasteiger partial charge in [0.2, 0.25) is 5.95 Å². The lowest BCUT2D eigenvalue weighted by atomic mass is 10.2. The third-order valence-electron chi connectivity index (χ3n) is 3.58. The Balaban J connectivity index is 1.76. The van der Waals surface area contributed by atoms with Gasteiger partial charge in [0, 0.05) is 24.6 Å². The number of amides is 1. The minimum Gasteiger partial charge on any atom is -0.350 e. The Morgan fingerprint density at radius 1 is 1.15 bits per heavy atom. The molecule has 0 saturated heterocycles. The van der Waals surface area contributed by atoms with E-state index in [1.165, 1.54) is 0 Å². The minimum absolute atomic E-state index is 0.225. The molecule has 0 aliphatic rings. The Kier molecular flexibility index (Phi) is 5.15. The van der Waals surface area contributed by atoms with Crippen LogP contribution in [0.25, 0.3) is 0 Å². The first kappa shape index (κ1) is 17.0. The summed E-state index contributed by atoms with van der Waals surface area (Å²) in [5.74, 6) is -0.0364. The van der Waals surface area contributed by atoms with Crippen molar-refractivity contribution in [1.29, 1.82) is 5.26 Å². The molecule has 0 atom stereocenters. The van der Waals surface area contributed by atoms with E-state index in [-0.39, 0.29) is 5.69 Å². The summed E-state index contributed by atoms with van der Waals surface area (Å²) < 4.78 is 0. The molecule has 2 aromatic heterocycles. The third-order valence-corrected chi connectivity index (χ3v) is 3.58. The number of nitriles is 1. The number of nitrogens with zero attached hydrogens (tertiary/aromatic N) is 4. The number of hydrogen-bond donors (Lipinski definition) is 2. The van der Waals surface area contributed by atoms with Crippen molar-refractivity contribution < 1.29 is 4.79 Å². The van der Waals surface area contributed by atoms with E-state index in [9.17, 15) is 4.79 Å². The van der Waals surface area contributed by atoms with Crippen LogP contribution in [0.2, 0.25) is 0 Å². The maximum absolute atomic E-state index is 12.5. The number of hydrogen-bond acceptors (Lipinski definition) is 6. The van der Waals surface area contributed by atoms with Crippen LogP contribution in [0.5, 0.6) is 0 Å². The Morgan fingerprint density at radius 2 is 1.92 bits per heavy atom. The highest BCUT2D eigenvalue weighted by Gasteiger charge is 2.12. The summed E-state index contributed by atoms with van der Waals surface area (Å²) in [5, 5.41) is 14.9. The number of para-hydroxylation sites is 1. The van der Waals surface area contributed by atoms with Crippen LogP contribution in [0.4, 0.5) is 11.6 Å². The van der Waals surface area contributed by atoms with Crippen molar-refractivity contribution in [2.45, 2.75) is 13.5 Å².